The third-order valence-electron chi connectivity index (χ3n) is 3.65. The quantitative estimate of drug-likeness (QED) is 0.390. The van der Waals surface area contributed by atoms with Gasteiger partial charge in [0, 0.05) is 17.5 Å². The molecule has 3 aromatic rings. The molecule has 1 aromatic carbocycles. The van der Waals surface area contributed by atoms with Gasteiger partial charge in [0.15, 0.2) is 11.7 Å². The molecule has 0 bridgehead atoms. The first-order valence-electron chi connectivity index (χ1n) is 7.83. The molecule has 3 rings (SSSR count). The van der Waals surface area contributed by atoms with E-state index in [4.69, 9.17) is 10.6 Å². The number of hydrogen-bond acceptors (Lipinski definition) is 4. The van der Waals surface area contributed by atoms with Crippen molar-refractivity contribution in [3.8, 4) is 5.82 Å². The maximum atomic E-state index is 13.2. The highest BCUT2D eigenvalue weighted by Crippen LogP contribution is 2.17. The van der Waals surface area contributed by atoms with E-state index >= 15 is 0 Å². The Hall–Kier alpha value is -2.74. The monoisotopic (exact) mass is 417 g/mol. The Balaban J connectivity index is 1.67. The van der Waals surface area contributed by atoms with Crippen LogP contribution in [0, 0.1) is 19.7 Å². The summed E-state index contributed by atoms with van der Waals surface area (Å²) in [6.45, 7) is 4.07. The van der Waals surface area contributed by atoms with E-state index in [9.17, 15) is 4.39 Å². The molecule has 0 aliphatic rings. The largest absolute Gasteiger partial charge is 0.389 e. The molecule has 2 aromatic heterocycles. The zero-order chi connectivity index (χ0) is 18.7. The van der Waals surface area contributed by atoms with Crippen molar-refractivity contribution >= 4 is 21.8 Å². The van der Waals surface area contributed by atoms with E-state index in [1.165, 1.54) is 6.07 Å². The van der Waals surface area contributed by atoms with Crippen LogP contribution >= 0.6 is 15.9 Å². The predicted molar refractivity (Wildman–Crippen MR) is 100 cm³/mol. The van der Waals surface area contributed by atoms with Crippen molar-refractivity contribution < 1.29 is 9.23 Å². The van der Waals surface area contributed by atoms with Gasteiger partial charge in [0.25, 0.3) is 0 Å². The van der Waals surface area contributed by atoms with Crippen LogP contribution in [0.25, 0.3) is 5.82 Å². The van der Waals surface area contributed by atoms with Crippen LogP contribution in [0.5, 0.6) is 0 Å². The van der Waals surface area contributed by atoms with Gasteiger partial charge in [-0.2, -0.15) is 5.10 Å². The number of hydrogen-bond donors (Lipinski definition) is 1. The summed E-state index contributed by atoms with van der Waals surface area (Å²) in [6.07, 6.45) is 1.61. The molecule has 0 amide bonds. The fourth-order valence-corrected chi connectivity index (χ4v) is 2.81. The third-order valence-corrected chi connectivity index (χ3v) is 4.26. The van der Waals surface area contributed by atoms with E-state index in [2.05, 4.69) is 31.2 Å². The topological polar surface area (TPSA) is 78.3 Å². The van der Waals surface area contributed by atoms with E-state index in [0.717, 1.165) is 17.0 Å². The lowest BCUT2D eigenvalue weighted by atomic mass is 10.2. The van der Waals surface area contributed by atoms with E-state index in [0.29, 0.717) is 15.9 Å². The van der Waals surface area contributed by atoms with Crippen molar-refractivity contribution in [3.05, 3.63) is 75.4 Å². The molecule has 2 N–H and O–H groups in total. The van der Waals surface area contributed by atoms with Gasteiger partial charge in [0.05, 0.1) is 10.2 Å². The number of halogens is 2. The summed E-state index contributed by atoms with van der Waals surface area (Å²) in [7, 11) is 0. The summed E-state index contributed by atoms with van der Waals surface area (Å²) in [5.74, 6) is 0.577. The Kier molecular flexibility index (Phi) is 5.32. The number of nitrogens with two attached hydrogens (primary N) is 1. The van der Waals surface area contributed by atoms with Crippen molar-refractivity contribution in [1.82, 2.24) is 14.8 Å². The fraction of sp³-hybridized carbons (Fsp3) is 0.167. The summed E-state index contributed by atoms with van der Waals surface area (Å²) >= 11 is 3.13. The first kappa shape index (κ1) is 18.1. The Bertz CT molecular complexity index is 953. The number of oxime groups is 1. The molecule has 6 nitrogen and oxygen atoms in total. The van der Waals surface area contributed by atoms with Gasteiger partial charge in [0.2, 0.25) is 0 Å². The summed E-state index contributed by atoms with van der Waals surface area (Å²) in [5, 5.41) is 8.28. The first-order chi connectivity index (χ1) is 12.4. The van der Waals surface area contributed by atoms with E-state index < -0.39 is 0 Å². The molecule has 0 atom stereocenters. The number of aryl methyl sites for hydroxylation is 2. The molecule has 0 aliphatic heterocycles. The molecule has 134 valence electrons. The fourth-order valence-electron chi connectivity index (χ4n) is 2.38. The zero-order valence-corrected chi connectivity index (χ0v) is 15.9. The molecule has 0 saturated heterocycles. The highest BCUT2D eigenvalue weighted by molar-refractivity contribution is 9.10. The Morgan fingerprint density at radius 2 is 2.08 bits per heavy atom. The van der Waals surface area contributed by atoms with Crippen LogP contribution in [-0.2, 0) is 11.4 Å². The van der Waals surface area contributed by atoms with Crippen LogP contribution in [0.2, 0.25) is 0 Å². The van der Waals surface area contributed by atoms with E-state index in [1.54, 1.807) is 29.1 Å². The molecule has 26 heavy (non-hydrogen) atoms. The maximum Gasteiger partial charge on any atom is 0.171 e. The Labute approximate surface area is 158 Å². The Morgan fingerprint density at radius 3 is 2.69 bits per heavy atom. The van der Waals surface area contributed by atoms with Crippen LogP contribution in [0.1, 0.15) is 22.5 Å². The van der Waals surface area contributed by atoms with Crippen LogP contribution in [0.15, 0.2) is 52.2 Å². The van der Waals surface area contributed by atoms with Crippen LogP contribution in [-0.4, -0.2) is 20.6 Å². The summed E-state index contributed by atoms with van der Waals surface area (Å²) in [6, 6.07) is 10.2. The summed E-state index contributed by atoms with van der Waals surface area (Å²) in [4.78, 5) is 9.61. The lowest BCUT2D eigenvalue weighted by molar-refractivity contribution is 0.130. The minimum absolute atomic E-state index is 0.177. The second kappa shape index (κ2) is 7.65. The summed E-state index contributed by atoms with van der Waals surface area (Å²) in [5.41, 5.74) is 9.26. The molecular formula is C18H17BrFN5O. The van der Waals surface area contributed by atoms with E-state index in [-0.39, 0.29) is 18.3 Å². The van der Waals surface area contributed by atoms with Crippen molar-refractivity contribution in [1.29, 1.82) is 0 Å². The van der Waals surface area contributed by atoms with Gasteiger partial charge in [-0.05, 0) is 65.7 Å². The standard InChI is InChI=1S/C18H17BrFN5O/c1-11-7-12(2)25(23-11)17-6-4-14(9-22-17)18(21)24-26-10-13-3-5-16(20)15(19)8-13/h3-9H,10H2,1-2H3,(H2,21,24). The first-order valence-corrected chi connectivity index (χ1v) is 8.63. The van der Waals surface area contributed by atoms with Crippen LogP contribution in [0.3, 0.4) is 0 Å². The zero-order valence-electron chi connectivity index (χ0n) is 14.3. The molecule has 0 saturated carbocycles. The van der Waals surface area contributed by atoms with Crippen molar-refractivity contribution in [2.24, 2.45) is 10.9 Å². The maximum absolute atomic E-state index is 13.2. The smallest absolute Gasteiger partial charge is 0.171 e. The van der Waals surface area contributed by atoms with Crippen molar-refractivity contribution in [3.63, 3.8) is 0 Å². The average Bonchev–Trinajstić information content (AvgIpc) is 2.96. The minimum Gasteiger partial charge on any atom is -0.389 e. The second-order valence-electron chi connectivity index (χ2n) is 5.74. The number of pyridine rings is 1. The molecule has 0 unspecified atom stereocenters. The lowest BCUT2D eigenvalue weighted by Gasteiger charge is -2.06. The van der Waals surface area contributed by atoms with Crippen LogP contribution < -0.4 is 5.73 Å². The minimum atomic E-state index is -0.328. The number of amidine groups is 1. The number of nitrogens with zero attached hydrogens (tertiary/aromatic N) is 4. The van der Waals surface area contributed by atoms with Gasteiger partial charge in [-0.25, -0.2) is 14.1 Å². The van der Waals surface area contributed by atoms with Crippen LogP contribution in [0.4, 0.5) is 4.39 Å². The molecule has 8 heteroatoms. The van der Waals surface area contributed by atoms with E-state index in [1.807, 2.05) is 26.0 Å². The van der Waals surface area contributed by atoms with Gasteiger partial charge in [-0.1, -0.05) is 11.2 Å². The molecule has 0 spiro atoms. The molecule has 2 heterocycles. The predicted octanol–water partition coefficient (Wildman–Crippen LogP) is 3.62. The highest BCUT2D eigenvalue weighted by atomic mass is 79.9. The second-order valence-corrected chi connectivity index (χ2v) is 6.60. The normalized spacial score (nSPS) is 11.6. The number of rotatable bonds is 5. The molecule has 0 aliphatic carbocycles. The lowest BCUT2D eigenvalue weighted by Crippen LogP contribution is -2.15. The molecular weight excluding hydrogens is 401 g/mol. The van der Waals surface area contributed by atoms with Gasteiger partial charge < -0.3 is 10.6 Å². The molecule has 0 radical (unpaired) electrons. The van der Waals surface area contributed by atoms with Gasteiger partial charge in [0.1, 0.15) is 12.4 Å². The summed E-state index contributed by atoms with van der Waals surface area (Å²) < 4.78 is 15.3. The van der Waals surface area contributed by atoms with Crippen molar-refractivity contribution in [2.75, 3.05) is 0 Å². The molecule has 0 fully saturated rings. The van der Waals surface area contributed by atoms with Gasteiger partial charge >= 0.3 is 0 Å². The Morgan fingerprint density at radius 1 is 1.27 bits per heavy atom. The van der Waals surface area contributed by atoms with Gasteiger partial charge in [-0.15, -0.1) is 0 Å². The SMILES string of the molecule is Cc1cc(C)n(-c2ccc(/C(N)=N/OCc3ccc(F)c(Br)c3)cn2)n1. The number of aromatic nitrogens is 3. The number of benzene rings is 1. The average molecular weight is 418 g/mol. The third kappa shape index (κ3) is 4.08. The van der Waals surface area contributed by atoms with Gasteiger partial charge in [-0.3, -0.25) is 0 Å². The van der Waals surface area contributed by atoms with Crippen molar-refractivity contribution in [2.45, 2.75) is 20.5 Å². The highest BCUT2D eigenvalue weighted by Gasteiger charge is 2.07.